The first-order chi connectivity index (χ1) is 9.63. The van der Waals surface area contributed by atoms with Crippen LogP contribution in [0.4, 0.5) is 4.39 Å². The first-order valence-electron chi connectivity index (χ1n) is 6.18. The third-order valence-corrected chi connectivity index (χ3v) is 3.41. The molecule has 0 aliphatic rings. The molecule has 0 fully saturated rings. The van der Waals surface area contributed by atoms with Gasteiger partial charge in [-0.15, -0.1) is 0 Å². The van der Waals surface area contributed by atoms with Gasteiger partial charge >= 0.3 is 0 Å². The molecule has 0 bridgehead atoms. The molecule has 2 rings (SSSR count). The van der Waals surface area contributed by atoms with Crippen molar-refractivity contribution in [3.05, 3.63) is 64.4 Å². The molecular formula is C15H16ClFN2O. The number of ether oxygens (including phenoxy) is 1. The number of hydrazine groups is 1. The van der Waals surface area contributed by atoms with Gasteiger partial charge in [0.25, 0.3) is 0 Å². The Morgan fingerprint density at radius 2 is 2.10 bits per heavy atom. The summed E-state index contributed by atoms with van der Waals surface area (Å²) < 4.78 is 18.4. The van der Waals surface area contributed by atoms with Crippen LogP contribution in [0.1, 0.15) is 17.2 Å². The van der Waals surface area contributed by atoms with Crippen LogP contribution in [0, 0.1) is 5.82 Å². The molecule has 1 atom stereocenters. The number of halogens is 2. The quantitative estimate of drug-likeness (QED) is 0.657. The number of methoxy groups -OCH3 is 1. The minimum atomic E-state index is -0.437. The SMILES string of the molecule is COc1cccc(CC(NN)c2ccc(F)c(Cl)c2)c1. The highest BCUT2D eigenvalue weighted by Crippen LogP contribution is 2.24. The molecule has 3 N–H and O–H groups in total. The normalized spacial score (nSPS) is 12.2. The van der Waals surface area contributed by atoms with Gasteiger partial charge < -0.3 is 4.74 Å². The molecule has 0 saturated heterocycles. The summed E-state index contributed by atoms with van der Waals surface area (Å²) in [6.45, 7) is 0. The van der Waals surface area contributed by atoms with Crippen LogP contribution in [-0.2, 0) is 6.42 Å². The molecule has 2 aromatic rings. The van der Waals surface area contributed by atoms with E-state index < -0.39 is 5.82 Å². The second kappa shape index (κ2) is 6.70. The molecule has 0 aromatic heterocycles. The predicted octanol–water partition coefficient (Wildman–Crippen LogP) is 3.23. The van der Waals surface area contributed by atoms with Gasteiger partial charge in [0, 0.05) is 0 Å². The van der Waals surface area contributed by atoms with Crippen LogP contribution in [0.15, 0.2) is 42.5 Å². The van der Waals surface area contributed by atoms with Crippen molar-refractivity contribution in [2.24, 2.45) is 5.84 Å². The predicted molar refractivity (Wildman–Crippen MR) is 78.2 cm³/mol. The zero-order valence-electron chi connectivity index (χ0n) is 11.1. The molecule has 5 heteroatoms. The number of rotatable bonds is 5. The van der Waals surface area contributed by atoms with E-state index >= 15 is 0 Å². The van der Waals surface area contributed by atoms with Crippen LogP contribution >= 0.6 is 11.6 Å². The van der Waals surface area contributed by atoms with E-state index in [1.165, 1.54) is 6.07 Å². The zero-order chi connectivity index (χ0) is 14.5. The van der Waals surface area contributed by atoms with Crippen LogP contribution in [0.2, 0.25) is 5.02 Å². The summed E-state index contributed by atoms with van der Waals surface area (Å²) in [7, 11) is 1.62. The Morgan fingerprint density at radius 3 is 2.75 bits per heavy atom. The first kappa shape index (κ1) is 14.8. The summed E-state index contributed by atoms with van der Waals surface area (Å²) in [4.78, 5) is 0. The van der Waals surface area contributed by atoms with Gasteiger partial charge in [0.2, 0.25) is 0 Å². The molecule has 0 aliphatic heterocycles. The molecule has 3 nitrogen and oxygen atoms in total. The molecule has 2 aromatic carbocycles. The van der Waals surface area contributed by atoms with E-state index in [4.69, 9.17) is 22.2 Å². The van der Waals surface area contributed by atoms with Gasteiger partial charge in [-0.05, 0) is 41.8 Å². The molecule has 0 amide bonds. The molecule has 0 aliphatic carbocycles. The first-order valence-corrected chi connectivity index (χ1v) is 6.56. The average Bonchev–Trinajstić information content (AvgIpc) is 2.48. The van der Waals surface area contributed by atoms with Crippen molar-refractivity contribution < 1.29 is 9.13 Å². The molecule has 0 radical (unpaired) electrons. The highest BCUT2D eigenvalue weighted by molar-refractivity contribution is 6.30. The van der Waals surface area contributed by atoms with E-state index in [1.54, 1.807) is 19.2 Å². The van der Waals surface area contributed by atoms with Gasteiger partial charge in [0.15, 0.2) is 0 Å². The number of benzene rings is 2. The van der Waals surface area contributed by atoms with Gasteiger partial charge in [-0.3, -0.25) is 11.3 Å². The maximum absolute atomic E-state index is 13.2. The second-order valence-electron chi connectivity index (χ2n) is 4.45. The molecule has 106 valence electrons. The van der Waals surface area contributed by atoms with Crippen LogP contribution in [0.3, 0.4) is 0 Å². The van der Waals surface area contributed by atoms with Crippen molar-refractivity contribution in [1.29, 1.82) is 0 Å². The van der Waals surface area contributed by atoms with Crippen molar-refractivity contribution in [2.75, 3.05) is 7.11 Å². The fraction of sp³-hybridized carbons (Fsp3) is 0.200. The van der Waals surface area contributed by atoms with Gasteiger partial charge in [0.1, 0.15) is 11.6 Å². The van der Waals surface area contributed by atoms with Crippen molar-refractivity contribution in [3.8, 4) is 5.75 Å². The van der Waals surface area contributed by atoms with Crippen LogP contribution in [0.5, 0.6) is 5.75 Å². The number of nitrogens with two attached hydrogens (primary N) is 1. The zero-order valence-corrected chi connectivity index (χ0v) is 11.8. The minimum Gasteiger partial charge on any atom is -0.497 e. The van der Waals surface area contributed by atoms with Crippen LogP contribution in [-0.4, -0.2) is 7.11 Å². The van der Waals surface area contributed by atoms with Crippen LogP contribution < -0.4 is 16.0 Å². The summed E-state index contributed by atoms with van der Waals surface area (Å²) in [5.74, 6) is 5.94. The lowest BCUT2D eigenvalue weighted by Gasteiger charge is -2.17. The highest BCUT2D eigenvalue weighted by Gasteiger charge is 2.13. The lowest BCUT2D eigenvalue weighted by Crippen LogP contribution is -2.29. The summed E-state index contributed by atoms with van der Waals surface area (Å²) >= 11 is 5.80. The number of nitrogens with one attached hydrogen (secondary N) is 1. The Labute approximate surface area is 122 Å². The second-order valence-corrected chi connectivity index (χ2v) is 4.86. The summed E-state index contributed by atoms with van der Waals surface area (Å²) in [5, 5.41) is 0.0911. The Hall–Kier alpha value is -1.62. The van der Waals surface area contributed by atoms with Gasteiger partial charge in [-0.1, -0.05) is 29.8 Å². The molecular weight excluding hydrogens is 279 g/mol. The third-order valence-electron chi connectivity index (χ3n) is 3.12. The van der Waals surface area contributed by atoms with E-state index in [9.17, 15) is 4.39 Å². The summed E-state index contributed by atoms with van der Waals surface area (Å²) in [6.07, 6.45) is 0.648. The number of hydrogen-bond donors (Lipinski definition) is 2. The van der Waals surface area contributed by atoms with Crippen molar-refractivity contribution >= 4 is 11.6 Å². The lowest BCUT2D eigenvalue weighted by molar-refractivity contribution is 0.414. The van der Waals surface area contributed by atoms with E-state index in [-0.39, 0.29) is 11.1 Å². The Morgan fingerprint density at radius 1 is 1.30 bits per heavy atom. The topological polar surface area (TPSA) is 47.3 Å². The van der Waals surface area contributed by atoms with Crippen LogP contribution in [0.25, 0.3) is 0 Å². The van der Waals surface area contributed by atoms with Crippen molar-refractivity contribution in [3.63, 3.8) is 0 Å². The van der Waals surface area contributed by atoms with E-state index in [2.05, 4.69) is 5.43 Å². The monoisotopic (exact) mass is 294 g/mol. The molecule has 1 unspecified atom stereocenters. The highest BCUT2D eigenvalue weighted by atomic mass is 35.5. The fourth-order valence-corrected chi connectivity index (χ4v) is 2.23. The standard InChI is InChI=1S/C15H16ClFN2O/c1-20-12-4-2-3-10(7-12)8-15(19-18)11-5-6-14(17)13(16)9-11/h2-7,9,15,19H,8,18H2,1H3. The van der Waals surface area contributed by atoms with E-state index in [0.29, 0.717) is 6.42 Å². The maximum atomic E-state index is 13.2. The summed E-state index contributed by atoms with van der Waals surface area (Å²) in [6, 6.07) is 12.2. The maximum Gasteiger partial charge on any atom is 0.141 e. The molecule has 0 heterocycles. The molecule has 0 saturated carbocycles. The van der Waals surface area contributed by atoms with E-state index in [0.717, 1.165) is 16.9 Å². The largest absolute Gasteiger partial charge is 0.497 e. The van der Waals surface area contributed by atoms with Gasteiger partial charge in [0.05, 0.1) is 18.2 Å². The Balaban J connectivity index is 2.21. The lowest BCUT2D eigenvalue weighted by atomic mass is 9.99. The van der Waals surface area contributed by atoms with Crippen molar-refractivity contribution in [2.45, 2.75) is 12.5 Å². The Kier molecular flexibility index (Phi) is 4.95. The molecule has 0 spiro atoms. The average molecular weight is 295 g/mol. The smallest absolute Gasteiger partial charge is 0.141 e. The molecule has 20 heavy (non-hydrogen) atoms. The van der Waals surface area contributed by atoms with E-state index in [1.807, 2.05) is 24.3 Å². The third kappa shape index (κ3) is 3.48. The number of hydrogen-bond acceptors (Lipinski definition) is 3. The van der Waals surface area contributed by atoms with Gasteiger partial charge in [-0.2, -0.15) is 0 Å². The van der Waals surface area contributed by atoms with Crippen molar-refractivity contribution in [1.82, 2.24) is 5.43 Å². The van der Waals surface area contributed by atoms with Gasteiger partial charge in [-0.25, -0.2) is 4.39 Å². The summed E-state index contributed by atoms with van der Waals surface area (Å²) in [5.41, 5.74) is 4.63. The fourth-order valence-electron chi connectivity index (χ4n) is 2.04. The Bertz CT molecular complexity index is 592. The minimum absolute atomic E-state index is 0.0911.